The van der Waals surface area contributed by atoms with Crippen molar-refractivity contribution in [3.8, 4) is 5.75 Å². The van der Waals surface area contributed by atoms with E-state index in [4.69, 9.17) is 49.4 Å². The number of ether oxygens (including phenoxy) is 8. The minimum Gasteiger partial charge on any atom is -0.496 e. The van der Waals surface area contributed by atoms with Crippen LogP contribution in [-0.2, 0) is 109 Å². The molecule has 1 fully saturated rings. The quantitative estimate of drug-likeness (QED) is 0.0290. The Morgan fingerprint density at radius 1 is 0.762 bits per heavy atom. The zero-order chi connectivity index (χ0) is 74.4. The Morgan fingerprint density at radius 3 is 1.90 bits per heavy atom. The maximum atomic E-state index is 15.3. The lowest BCUT2D eigenvalue weighted by Gasteiger charge is -2.32. The third-order valence-electron chi connectivity index (χ3n) is 16.5. The summed E-state index contributed by atoms with van der Waals surface area (Å²) in [5.41, 5.74) is 12.6. The Bertz CT molecular complexity index is 3040. The molecule has 10 amide bonds. The van der Waals surface area contributed by atoms with Crippen molar-refractivity contribution in [3.63, 3.8) is 0 Å². The van der Waals surface area contributed by atoms with Gasteiger partial charge in [0.05, 0.1) is 153 Å². The maximum Gasteiger partial charge on any atom is 0.246 e. The normalized spacial score (nSPS) is 20.4. The topological polar surface area (TPSA) is 495 Å². The molecular weight excluding hydrogens is 1370 g/mol. The standard InChI is InChI=1S/C65H105N11O23S2/c1-7-39(3)56(73-53(82)8-2)62(88)69-34-55(84)70-48-38-101(91)64-44(32-46(59(67)85)71-63(89)57(41(5)50(80)36-77)74-61(87)49-31-42(79)35-76(49)65(90)47(33-52(66)81)72-60(48)86)43-11-12-51(92-6)45(58(43)75-64)37-100-30-10-9-15-68-54(83)14-17-94-19-21-96-23-25-98-27-29-99-28-26-97-24-22-95-20-18-93-16-13-40(4)78/h11-12,39,41-42,46-50,56-57,75,77,79-80H,7-10,13-38H2,1-6H3,(H2,66,81)(H2,67,85)(H,68,83)(H,69,88)(H,70,84)(H,71,89)(H,72,86)(H,73,82)(H,74,87)/t39-,41-,42+,46-,47-,48-,49-,50-,56-,57-,101?/m0/s1. The van der Waals surface area contributed by atoms with Crippen LogP contribution in [0.3, 0.4) is 0 Å². The molecule has 36 heteroatoms. The number of methoxy groups -OCH3 is 1. The molecule has 0 aliphatic carbocycles. The lowest BCUT2D eigenvalue weighted by Crippen LogP contribution is -2.61. The summed E-state index contributed by atoms with van der Waals surface area (Å²) in [6.45, 7) is 11.3. The minimum absolute atomic E-state index is 0.0580. The van der Waals surface area contributed by atoms with Gasteiger partial charge in [-0.25, -0.2) is 0 Å². The third kappa shape index (κ3) is 30.5. The number of nitrogens with zero attached hydrogens (tertiary/aromatic N) is 1. The van der Waals surface area contributed by atoms with E-state index in [0.29, 0.717) is 139 Å². The van der Waals surface area contributed by atoms with Gasteiger partial charge in [0.15, 0.2) is 0 Å². The molecule has 101 heavy (non-hydrogen) atoms. The largest absolute Gasteiger partial charge is 0.496 e. The van der Waals surface area contributed by atoms with Crippen LogP contribution in [0.4, 0.5) is 0 Å². The second-order valence-electron chi connectivity index (χ2n) is 24.2. The average Bonchev–Trinajstić information content (AvgIpc) is 1.62. The van der Waals surface area contributed by atoms with Crippen LogP contribution in [0.25, 0.3) is 10.9 Å². The molecule has 0 radical (unpaired) electrons. The van der Waals surface area contributed by atoms with Crippen LogP contribution in [0.1, 0.15) is 97.1 Å². The smallest absolute Gasteiger partial charge is 0.246 e. The fourth-order valence-corrected chi connectivity index (χ4v) is 13.0. The first-order valence-corrected chi connectivity index (χ1v) is 36.4. The third-order valence-corrected chi connectivity index (χ3v) is 19.0. The highest BCUT2D eigenvalue weighted by atomic mass is 32.2. The molecule has 1 aromatic heterocycles. The van der Waals surface area contributed by atoms with Crippen LogP contribution in [-0.4, -0.2) is 280 Å². The van der Waals surface area contributed by atoms with Crippen molar-refractivity contribution in [1.29, 1.82) is 0 Å². The first-order valence-electron chi connectivity index (χ1n) is 33.9. The summed E-state index contributed by atoms with van der Waals surface area (Å²) in [6.07, 6.45) is -2.55. The number of aliphatic hydroxyl groups is 3. The molecule has 0 spiro atoms. The van der Waals surface area contributed by atoms with Gasteiger partial charge in [-0.3, -0.25) is 56.9 Å². The lowest BCUT2D eigenvalue weighted by molar-refractivity contribution is -0.144. The molecule has 0 bridgehead atoms. The van der Waals surface area contributed by atoms with Gasteiger partial charge in [0.2, 0.25) is 59.1 Å². The number of hydrogen-bond donors (Lipinski definition) is 13. The Morgan fingerprint density at radius 2 is 1.36 bits per heavy atom. The van der Waals surface area contributed by atoms with Crippen LogP contribution in [0.2, 0.25) is 0 Å². The second-order valence-corrected chi connectivity index (χ2v) is 26.8. The van der Waals surface area contributed by atoms with Gasteiger partial charge in [-0.1, -0.05) is 34.1 Å². The van der Waals surface area contributed by atoms with Crippen molar-refractivity contribution in [2.45, 2.75) is 152 Å². The van der Waals surface area contributed by atoms with Gasteiger partial charge in [-0.05, 0) is 49.1 Å². The van der Waals surface area contributed by atoms with E-state index in [0.717, 1.165) is 4.90 Å². The van der Waals surface area contributed by atoms with Gasteiger partial charge in [0.25, 0.3) is 0 Å². The van der Waals surface area contributed by atoms with Gasteiger partial charge in [0.1, 0.15) is 52.8 Å². The Kier molecular flexibility index (Phi) is 40.5. The van der Waals surface area contributed by atoms with Crippen molar-refractivity contribution in [2.24, 2.45) is 23.3 Å². The fraction of sp³-hybridized carbons (Fsp3) is 0.708. The number of aromatic amines is 1. The summed E-state index contributed by atoms with van der Waals surface area (Å²) in [6, 6.07) is -6.67. The van der Waals surface area contributed by atoms with Crippen molar-refractivity contribution in [3.05, 3.63) is 23.3 Å². The second kappa shape index (κ2) is 47.3. The maximum absolute atomic E-state index is 15.3. The number of amides is 10. The molecule has 1 unspecified atom stereocenters. The fourth-order valence-electron chi connectivity index (χ4n) is 10.5. The van der Waals surface area contributed by atoms with Gasteiger partial charge in [0, 0.05) is 67.8 Å². The van der Waals surface area contributed by atoms with Crippen molar-refractivity contribution in [1.82, 2.24) is 47.1 Å². The monoisotopic (exact) mass is 1470 g/mol. The number of Topliss-reactive ketones (excluding diaryl/α,β-unsaturated/α-hetero) is 1. The van der Waals surface area contributed by atoms with Crippen LogP contribution in [0.15, 0.2) is 17.2 Å². The molecule has 34 nitrogen and oxygen atoms in total. The number of nitrogens with one attached hydrogen (secondary N) is 8. The molecule has 0 saturated carbocycles. The van der Waals surface area contributed by atoms with E-state index in [9.17, 15) is 68.1 Å². The number of ketones is 1. The number of benzene rings is 1. The summed E-state index contributed by atoms with van der Waals surface area (Å²) >= 11 is 1.49. The number of aromatic nitrogens is 1. The van der Waals surface area contributed by atoms with Gasteiger partial charge in [-0.2, -0.15) is 11.8 Å². The number of thioether (sulfide) groups is 1. The number of aliphatic hydroxyl groups excluding tert-OH is 3. The van der Waals surface area contributed by atoms with Crippen molar-refractivity contribution in [2.75, 3.05) is 137 Å². The van der Waals surface area contributed by atoms with Crippen molar-refractivity contribution < 1.29 is 110 Å². The summed E-state index contributed by atoms with van der Waals surface area (Å²) < 4.78 is 59.4. The predicted octanol–water partition coefficient (Wildman–Crippen LogP) is -3.24. The van der Waals surface area contributed by atoms with Crippen LogP contribution in [0, 0.1) is 11.8 Å². The summed E-state index contributed by atoms with van der Waals surface area (Å²) in [7, 11) is -1.03. The Balaban J connectivity index is 1.46. The minimum atomic E-state index is -2.46. The first kappa shape index (κ1) is 86.4. The number of H-pyrrole nitrogens is 1. The summed E-state index contributed by atoms with van der Waals surface area (Å²) in [5, 5.41) is 49.8. The molecular formula is C65H105N11O23S2. The van der Waals surface area contributed by atoms with Gasteiger partial charge >= 0.3 is 0 Å². The number of carbonyl (C=O) groups excluding carboxylic acids is 11. The predicted molar refractivity (Wildman–Crippen MR) is 368 cm³/mol. The van der Waals surface area contributed by atoms with E-state index in [2.05, 4.69) is 42.2 Å². The number of unbranched alkanes of at least 4 members (excludes halogenated alkanes) is 1. The summed E-state index contributed by atoms with van der Waals surface area (Å²) in [5.74, 6) is -10.3. The van der Waals surface area contributed by atoms with Crippen molar-refractivity contribution >= 4 is 98.3 Å². The summed E-state index contributed by atoms with van der Waals surface area (Å²) in [4.78, 5) is 152. The molecule has 2 aliphatic rings. The van der Waals surface area contributed by atoms with Gasteiger partial charge < -0.3 is 112 Å². The van der Waals surface area contributed by atoms with E-state index < -0.39 is 163 Å². The number of nitrogens with two attached hydrogens (primary N) is 2. The van der Waals surface area contributed by atoms with E-state index >= 15 is 4.21 Å². The van der Waals surface area contributed by atoms with Crippen LogP contribution in [0.5, 0.6) is 5.75 Å². The highest BCUT2D eigenvalue weighted by Gasteiger charge is 2.45. The SMILES string of the molecule is CCC(=O)N[C@H](C(=O)NCC(=O)N[C@H]1CS(=O)c2[nH]c3c(CSCCCCNC(=O)CCOCCOCCOCCOCCOCCOCCOCCC(C)=O)c(OC)ccc3c2C[C@@H](C(N)=O)NC(=O)[C@H]([C@@H](C)[C@@H](O)CO)NC(=O)[C@@H]2C[C@@H](O)CN2C(=O)[C@H](CC(N)=O)NC1=O)[C@@H](C)CC. The van der Waals surface area contributed by atoms with E-state index in [1.807, 2.05) is 0 Å². The molecule has 1 aromatic carbocycles. The Hall–Kier alpha value is -6.97. The van der Waals surface area contributed by atoms with Gasteiger partial charge in [-0.15, -0.1) is 0 Å². The molecule has 2 aliphatic heterocycles. The molecule has 2 aromatic rings. The molecule has 4 rings (SSSR count). The zero-order valence-electron chi connectivity index (χ0n) is 58.6. The number of hydrogen-bond acceptors (Lipinski definition) is 24. The molecule has 11 atom stereocenters. The first-order chi connectivity index (χ1) is 48.3. The zero-order valence-corrected chi connectivity index (χ0v) is 60.2. The van der Waals surface area contributed by atoms with E-state index in [1.54, 1.807) is 32.9 Å². The van der Waals surface area contributed by atoms with E-state index in [-0.39, 0.29) is 60.0 Å². The number of fused-ring (bicyclic) bond motifs is 4. The highest BCUT2D eigenvalue weighted by Crippen LogP contribution is 2.36. The molecule has 15 N–H and O–H groups in total. The lowest BCUT2D eigenvalue weighted by atomic mass is 9.93. The number of primary amides is 2. The number of carbonyl (C=O) groups is 11. The Labute approximate surface area is 594 Å². The van der Waals surface area contributed by atoms with Crippen LogP contribution >= 0.6 is 11.8 Å². The average molecular weight is 1470 g/mol. The molecule has 3 heterocycles. The molecule has 1 saturated heterocycles. The highest BCUT2D eigenvalue weighted by molar-refractivity contribution is 7.98. The van der Waals surface area contributed by atoms with Crippen LogP contribution < -0.4 is 53.4 Å². The van der Waals surface area contributed by atoms with E-state index in [1.165, 1.54) is 32.7 Å². The number of rotatable bonds is 46. The molecule has 570 valence electrons.